The van der Waals surface area contributed by atoms with Crippen LogP contribution < -0.4 is 5.32 Å². The van der Waals surface area contributed by atoms with Gasteiger partial charge in [0.05, 0.1) is 31.7 Å². The molecule has 0 aliphatic rings. The maximum atomic E-state index is 13.2. The SMILES string of the molecule is Cc1c(C(=O)NC(C)c2ccccc2)nn(-c2ccc(Cl)cc2Cl)c1-c1ccc(Cl)s1. The lowest BCUT2D eigenvalue weighted by molar-refractivity contribution is 0.0934. The van der Waals surface area contributed by atoms with E-state index < -0.39 is 0 Å². The predicted octanol–water partition coefficient (Wildman–Crippen LogP) is 7.36. The minimum absolute atomic E-state index is 0.169. The Kier molecular flexibility index (Phi) is 6.39. The van der Waals surface area contributed by atoms with Gasteiger partial charge in [-0.15, -0.1) is 11.3 Å². The summed E-state index contributed by atoms with van der Waals surface area (Å²) in [7, 11) is 0. The van der Waals surface area contributed by atoms with Crippen molar-refractivity contribution in [2.45, 2.75) is 19.9 Å². The molecule has 1 atom stereocenters. The highest BCUT2D eigenvalue weighted by atomic mass is 35.5. The molecule has 0 saturated heterocycles. The van der Waals surface area contributed by atoms with Crippen molar-refractivity contribution in [3.63, 3.8) is 0 Å². The molecule has 0 aliphatic heterocycles. The van der Waals surface area contributed by atoms with Gasteiger partial charge in [-0.2, -0.15) is 5.10 Å². The van der Waals surface area contributed by atoms with Gasteiger partial charge >= 0.3 is 0 Å². The number of benzene rings is 2. The molecule has 4 nitrogen and oxygen atoms in total. The lowest BCUT2D eigenvalue weighted by atomic mass is 10.1. The molecule has 0 aliphatic carbocycles. The molecule has 0 radical (unpaired) electrons. The molecule has 0 saturated carbocycles. The standard InChI is InChI=1S/C23H18Cl3N3OS/c1-13-21(23(30)27-14(2)15-6-4-3-5-7-15)28-29(18-9-8-16(24)12-17(18)25)22(13)19-10-11-20(26)31-19/h3-12,14H,1-2H3,(H,27,30). The molecule has 0 bridgehead atoms. The number of rotatable bonds is 5. The van der Waals surface area contributed by atoms with E-state index in [2.05, 4.69) is 10.4 Å². The van der Waals surface area contributed by atoms with Crippen LogP contribution in [0.25, 0.3) is 16.3 Å². The first-order valence-corrected chi connectivity index (χ1v) is 11.5. The molecular formula is C23H18Cl3N3OS. The third-order valence-electron chi connectivity index (χ3n) is 4.93. The number of aromatic nitrogens is 2. The first kappa shape index (κ1) is 21.9. The van der Waals surface area contributed by atoms with Crippen molar-refractivity contribution in [3.05, 3.63) is 91.9 Å². The van der Waals surface area contributed by atoms with E-state index in [0.717, 1.165) is 21.7 Å². The van der Waals surface area contributed by atoms with Crippen molar-refractivity contribution in [3.8, 4) is 16.3 Å². The van der Waals surface area contributed by atoms with Crippen LogP contribution in [0.4, 0.5) is 0 Å². The number of carbonyl (C=O) groups excluding carboxylic acids is 1. The smallest absolute Gasteiger partial charge is 0.272 e. The molecule has 158 valence electrons. The topological polar surface area (TPSA) is 46.9 Å². The summed E-state index contributed by atoms with van der Waals surface area (Å²) >= 11 is 20.1. The van der Waals surface area contributed by atoms with Gasteiger partial charge in [-0.25, -0.2) is 4.68 Å². The van der Waals surface area contributed by atoms with Crippen molar-refractivity contribution in [1.29, 1.82) is 0 Å². The number of nitrogens with one attached hydrogen (secondary N) is 1. The van der Waals surface area contributed by atoms with Gasteiger partial charge in [-0.1, -0.05) is 65.1 Å². The van der Waals surface area contributed by atoms with Gasteiger partial charge in [0.25, 0.3) is 5.91 Å². The fraction of sp³-hybridized carbons (Fsp3) is 0.130. The fourth-order valence-corrected chi connectivity index (χ4v) is 4.98. The molecule has 1 N–H and O–H groups in total. The van der Waals surface area contributed by atoms with E-state index in [4.69, 9.17) is 34.8 Å². The summed E-state index contributed by atoms with van der Waals surface area (Å²) < 4.78 is 2.33. The summed E-state index contributed by atoms with van der Waals surface area (Å²) in [6.07, 6.45) is 0. The van der Waals surface area contributed by atoms with E-state index in [0.29, 0.717) is 25.8 Å². The molecule has 4 rings (SSSR count). The molecule has 8 heteroatoms. The molecule has 4 aromatic rings. The van der Waals surface area contributed by atoms with Crippen LogP contribution in [0.2, 0.25) is 14.4 Å². The Morgan fingerprint density at radius 1 is 1.06 bits per heavy atom. The molecular weight excluding hydrogens is 473 g/mol. The van der Waals surface area contributed by atoms with Gasteiger partial charge in [-0.3, -0.25) is 4.79 Å². The highest BCUT2D eigenvalue weighted by molar-refractivity contribution is 7.19. The van der Waals surface area contributed by atoms with Crippen molar-refractivity contribution in [2.24, 2.45) is 0 Å². The Balaban J connectivity index is 1.79. The van der Waals surface area contributed by atoms with Crippen LogP contribution in [0.1, 0.15) is 34.6 Å². The summed E-state index contributed by atoms with van der Waals surface area (Å²) in [5.74, 6) is -0.262. The minimum Gasteiger partial charge on any atom is -0.344 e. The van der Waals surface area contributed by atoms with Crippen LogP contribution in [0, 0.1) is 6.92 Å². The van der Waals surface area contributed by atoms with Crippen LogP contribution in [0.3, 0.4) is 0 Å². The average molecular weight is 491 g/mol. The van der Waals surface area contributed by atoms with Crippen molar-refractivity contribution >= 4 is 52.0 Å². The minimum atomic E-state index is -0.262. The third kappa shape index (κ3) is 4.51. The van der Waals surface area contributed by atoms with Gasteiger partial charge in [0.2, 0.25) is 0 Å². The highest BCUT2D eigenvalue weighted by Gasteiger charge is 2.25. The Morgan fingerprint density at radius 3 is 2.45 bits per heavy atom. The molecule has 0 fully saturated rings. The van der Waals surface area contributed by atoms with E-state index in [-0.39, 0.29) is 11.9 Å². The molecule has 31 heavy (non-hydrogen) atoms. The van der Waals surface area contributed by atoms with E-state index >= 15 is 0 Å². The second-order valence-electron chi connectivity index (χ2n) is 7.04. The summed E-state index contributed by atoms with van der Waals surface area (Å²) in [6, 6.07) is 18.5. The summed E-state index contributed by atoms with van der Waals surface area (Å²) in [5, 5.41) is 8.63. The third-order valence-corrected chi connectivity index (χ3v) is 6.70. The normalized spacial score (nSPS) is 12.0. The molecule has 2 aromatic heterocycles. The zero-order chi connectivity index (χ0) is 22.1. The zero-order valence-electron chi connectivity index (χ0n) is 16.7. The van der Waals surface area contributed by atoms with Gasteiger partial charge < -0.3 is 5.32 Å². The average Bonchev–Trinajstić information content (AvgIpc) is 3.31. The van der Waals surface area contributed by atoms with E-state index in [1.54, 1.807) is 22.9 Å². The van der Waals surface area contributed by atoms with Gasteiger partial charge in [0.1, 0.15) is 0 Å². The molecule has 2 aromatic carbocycles. The predicted molar refractivity (Wildman–Crippen MR) is 129 cm³/mol. The quantitative estimate of drug-likeness (QED) is 0.318. The number of thiophene rings is 1. The van der Waals surface area contributed by atoms with Crippen LogP contribution in [0.15, 0.2) is 60.7 Å². The zero-order valence-corrected chi connectivity index (χ0v) is 19.8. The second-order valence-corrected chi connectivity index (χ2v) is 9.60. The largest absolute Gasteiger partial charge is 0.344 e. The van der Waals surface area contributed by atoms with Crippen LogP contribution >= 0.6 is 46.1 Å². The Morgan fingerprint density at radius 2 is 1.81 bits per heavy atom. The Hall–Kier alpha value is -2.31. The van der Waals surface area contributed by atoms with Gasteiger partial charge in [0, 0.05) is 10.6 Å². The molecule has 0 spiro atoms. The first-order chi connectivity index (χ1) is 14.8. The van der Waals surface area contributed by atoms with Gasteiger partial charge in [0.15, 0.2) is 5.69 Å². The molecule has 1 amide bonds. The first-order valence-electron chi connectivity index (χ1n) is 9.51. The van der Waals surface area contributed by atoms with Crippen LogP contribution in [-0.4, -0.2) is 15.7 Å². The lowest BCUT2D eigenvalue weighted by Gasteiger charge is -2.13. The lowest BCUT2D eigenvalue weighted by Crippen LogP contribution is -2.27. The number of amides is 1. The highest BCUT2D eigenvalue weighted by Crippen LogP contribution is 2.37. The number of hydrogen-bond acceptors (Lipinski definition) is 3. The second kappa shape index (κ2) is 9.05. The fourth-order valence-electron chi connectivity index (χ4n) is 3.36. The molecule has 2 heterocycles. The van der Waals surface area contributed by atoms with Crippen LogP contribution in [0.5, 0.6) is 0 Å². The van der Waals surface area contributed by atoms with Crippen LogP contribution in [-0.2, 0) is 0 Å². The Bertz CT molecular complexity index is 1250. The number of hydrogen-bond donors (Lipinski definition) is 1. The van der Waals surface area contributed by atoms with Crippen molar-refractivity contribution in [1.82, 2.24) is 15.1 Å². The summed E-state index contributed by atoms with van der Waals surface area (Å²) in [6.45, 7) is 3.81. The number of carbonyl (C=O) groups is 1. The number of nitrogens with zero attached hydrogens (tertiary/aromatic N) is 2. The van der Waals surface area contributed by atoms with Gasteiger partial charge in [-0.05, 0) is 49.7 Å². The van der Waals surface area contributed by atoms with Crippen molar-refractivity contribution in [2.75, 3.05) is 0 Å². The number of halogens is 3. The monoisotopic (exact) mass is 489 g/mol. The Labute approximate surface area is 199 Å². The maximum absolute atomic E-state index is 13.2. The van der Waals surface area contributed by atoms with E-state index in [9.17, 15) is 4.79 Å². The van der Waals surface area contributed by atoms with E-state index in [1.807, 2.05) is 56.3 Å². The summed E-state index contributed by atoms with van der Waals surface area (Å²) in [4.78, 5) is 14.0. The van der Waals surface area contributed by atoms with E-state index in [1.165, 1.54) is 11.3 Å². The maximum Gasteiger partial charge on any atom is 0.272 e. The summed E-state index contributed by atoms with van der Waals surface area (Å²) in [5.41, 5.74) is 3.47. The molecule has 1 unspecified atom stereocenters. The van der Waals surface area contributed by atoms with Crippen molar-refractivity contribution < 1.29 is 4.79 Å².